The van der Waals surface area contributed by atoms with Gasteiger partial charge in [-0.25, -0.2) is 0 Å². The average Bonchev–Trinajstić information content (AvgIpc) is 2.55. The minimum Gasteiger partial charge on any atom is -0.496 e. The Morgan fingerprint density at radius 2 is 1.87 bits per heavy atom. The van der Waals surface area contributed by atoms with Crippen molar-refractivity contribution in [3.05, 3.63) is 70.8 Å². The van der Waals surface area contributed by atoms with E-state index in [0.717, 1.165) is 16.9 Å². The number of hydrogen-bond donors (Lipinski definition) is 1. The van der Waals surface area contributed by atoms with Crippen LogP contribution in [-0.4, -0.2) is 13.0 Å². The van der Waals surface area contributed by atoms with Gasteiger partial charge in [0.2, 0.25) is 5.91 Å². The summed E-state index contributed by atoms with van der Waals surface area (Å²) >= 11 is 0. The van der Waals surface area contributed by atoms with Crippen LogP contribution in [0.5, 0.6) is 5.75 Å². The van der Waals surface area contributed by atoms with Crippen LogP contribution in [0, 0.1) is 13.8 Å². The summed E-state index contributed by atoms with van der Waals surface area (Å²) in [7, 11) is 1.62. The normalized spacial score (nSPS) is 12.2. The number of carbonyl (C=O) groups excluding carboxylic acids is 1. The fourth-order valence-corrected chi connectivity index (χ4v) is 2.35. The molecule has 0 aliphatic rings. The molecule has 0 unspecified atom stereocenters. The number of aryl methyl sites for hydroxylation is 2. The van der Waals surface area contributed by atoms with Gasteiger partial charge in [0.1, 0.15) is 5.75 Å². The van der Waals surface area contributed by atoms with E-state index in [2.05, 4.69) is 37.4 Å². The molecular weight excluding hydrogens is 286 g/mol. The third kappa shape index (κ3) is 4.46. The maximum Gasteiger partial charge on any atom is 0.244 e. The van der Waals surface area contributed by atoms with E-state index in [4.69, 9.17) is 4.74 Å². The molecule has 1 N–H and O–H groups in total. The zero-order valence-corrected chi connectivity index (χ0v) is 14.1. The molecule has 3 nitrogen and oxygen atoms in total. The molecule has 0 radical (unpaired) electrons. The summed E-state index contributed by atoms with van der Waals surface area (Å²) in [6.45, 7) is 6.15. The number of hydrogen-bond acceptors (Lipinski definition) is 2. The Kier molecular flexibility index (Phi) is 5.58. The molecule has 0 saturated carbocycles. The number of methoxy groups -OCH3 is 1. The van der Waals surface area contributed by atoms with E-state index in [1.54, 1.807) is 13.2 Å². The van der Waals surface area contributed by atoms with Crippen molar-refractivity contribution in [3.63, 3.8) is 0 Å². The molecule has 0 aromatic heterocycles. The van der Waals surface area contributed by atoms with Crippen LogP contribution in [-0.2, 0) is 4.79 Å². The van der Waals surface area contributed by atoms with Crippen LogP contribution in [0.1, 0.15) is 35.2 Å². The number of ether oxygens (including phenoxy) is 1. The molecule has 2 aromatic carbocycles. The smallest absolute Gasteiger partial charge is 0.244 e. The van der Waals surface area contributed by atoms with Crippen molar-refractivity contribution in [1.82, 2.24) is 5.32 Å². The Bertz CT molecular complexity index is 719. The molecule has 0 fully saturated rings. The molecule has 0 aliphatic heterocycles. The molecule has 120 valence electrons. The lowest BCUT2D eigenvalue weighted by molar-refractivity contribution is -0.117. The largest absolute Gasteiger partial charge is 0.496 e. The molecule has 2 aromatic rings. The van der Waals surface area contributed by atoms with Crippen LogP contribution in [0.3, 0.4) is 0 Å². The molecule has 3 heteroatoms. The maximum absolute atomic E-state index is 12.1. The van der Waals surface area contributed by atoms with Crippen LogP contribution < -0.4 is 10.1 Å². The Hall–Kier alpha value is -2.55. The second-order valence-electron chi connectivity index (χ2n) is 5.65. The number of carbonyl (C=O) groups is 1. The van der Waals surface area contributed by atoms with Gasteiger partial charge in [0.15, 0.2) is 0 Å². The molecule has 0 bridgehead atoms. The molecule has 0 saturated heterocycles. The lowest BCUT2D eigenvalue weighted by atomic mass is 10.0. The van der Waals surface area contributed by atoms with E-state index in [-0.39, 0.29) is 11.9 Å². The van der Waals surface area contributed by atoms with Crippen LogP contribution in [0.2, 0.25) is 0 Å². The van der Waals surface area contributed by atoms with E-state index < -0.39 is 0 Å². The summed E-state index contributed by atoms with van der Waals surface area (Å²) in [5, 5.41) is 2.98. The molecule has 0 spiro atoms. The molecule has 1 amide bonds. The predicted molar refractivity (Wildman–Crippen MR) is 94.5 cm³/mol. The summed E-state index contributed by atoms with van der Waals surface area (Å²) in [4.78, 5) is 12.1. The molecule has 0 heterocycles. The van der Waals surface area contributed by atoms with Gasteiger partial charge in [0, 0.05) is 11.6 Å². The van der Waals surface area contributed by atoms with Crippen molar-refractivity contribution in [2.75, 3.05) is 7.11 Å². The van der Waals surface area contributed by atoms with Gasteiger partial charge in [-0.1, -0.05) is 36.4 Å². The van der Waals surface area contributed by atoms with Gasteiger partial charge < -0.3 is 10.1 Å². The van der Waals surface area contributed by atoms with E-state index in [0.29, 0.717) is 0 Å². The first kappa shape index (κ1) is 16.8. The van der Waals surface area contributed by atoms with Gasteiger partial charge in [-0.2, -0.15) is 0 Å². The third-order valence-corrected chi connectivity index (χ3v) is 3.94. The van der Waals surface area contributed by atoms with Crippen LogP contribution in [0.15, 0.2) is 48.5 Å². The summed E-state index contributed by atoms with van der Waals surface area (Å²) < 4.78 is 5.27. The molecule has 2 rings (SSSR count). The van der Waals surface area contributed by atoms with Gasteiger partial charge in [-0.3, -0.25) is 4.79 Å². The zero-order valence-electron chi connectivity index (χ0n) is 14.1. The van der Waals surface area contributed by atoms with Gasteiger partial charge in [0.05, 0.1) is 13.2 Å². The number of amides is 1. The average molecular weight is 309 g/mol. The fraction of sp³-hybridized carbons (Fsp3) is 0.250. The zero-order chi connectivity index (χ0) is 16.8. The quantitative estimate of drug-likeness (QED) is 0.841. The highest BCUT2D eigenvalue weighted by Crippen LogP contribution is 2.19. The number of rotatable bonds is 5. The topological polar surface area (TPSA) is 38.3 Å². The number of para-hydroxylation sites is 1. The Morgan fingerprint density at radius 1 is 1.13 bits per heavy atom. The first-order valence-corrected chi connectivity index (χ1v) is 7.70. The molecule has 1 atom stereocenters. The Morgan fingerprint density at radius 3 is 2.57 bits per heavy atom. The SMILES string of the molecule is COc1ccccc1/C=C/C(=O)N[C@H](C)c1ccc(C)c(C)c1. The van der Waals surface area contributed by atoms with Gasteiger partial charge >= 0.3 is 0 Å². The number of benzene rings is 2. The highest BCUT2D eigenvalue weighted by Gasteiger charge is 2.08. The molecule has 0 aliphatic carbocycles. The second kappa shape index (κ2) is 7.63. The van der Waals surface area contributed by atoms with Crippen molar-refractivity contribution in [3.8, 4) is 5.75 Å². The fourth-order valence-electron chi connectivity index (χ4n) is 2.35. The van der Waals surface area contributed by atoms with Crippen molar-refractivity contribution in [1.29, 1.82) is 0 Å². The van der Waals surface area contributed by atoms with Crippen molar-refractivity contribution >= 4 is 12.0 Å². The summed E-state index contributed by atoms with van der Waals surface area (Å²) in [6.07, 6.45) is 3.30. The second-order valence-corrected chi connectivity index (χ2v) is 5.65. The maximum atomic E-state index is 12.1. The van der Waals surface area contributed by atoms with Crippen LogP contribution in [0.25, 0.3) is 6.08 Å². The molecule has 23 heavy (non-hydrogen) atoms. The minimum absolute atomic E-state index is 0.0379. The summed E-state index contributed by atoms with van der Waals surface area (Å²) in [6, 6.07) is 13.8. The summed E-state index contributed by atoms with van der Waals surface area (Å²) in [5.41, 5.74) is 4.47. The monoisotopic (exact) mass is 309 g/mol. The Balaban J connectivity index is 2.03. The van der Waals surface area contributed by atoms with E-state index in [1.165, 1.54) is 17.2 Å². The van der Waals surface area contributed by atoms with Crippen LogP contribution >= 0.6 is 0 Å². The lowest BCUT2D eigenvalue weighted by Crippen LogP contribution is -2.24. The van der Waals surface area contributed by atoms with Crippen LogP contribution in [0.4, 0.5) is 0 Å². The summed E-state index contributed by atoms with van der Waals surface area (Å²) in [5.74, 6) is 0.625. The lowest BCUT2D eigenvalue weighted by Gasteiger charge is -2.14. The standard InChI is InChI=1S/C20H23NO2/c1-14-9-10-18(13-15(14)2)16(3)21-20(22)12-11-17-7-5-6-8-19(17)23-4/h5-13,16H,1-4H3,(H,21,22)/b12-11+/t16-/m1/s1. The highest BCUT2D eigenvalue weighted by atomic mass is 16.5. The predicted octanol–water partition coefficient (Wildman–Crippen LogP) is 4.20. The van der Waals surface area contributed by atoms with Gasteiger partial charge in [-0.15, -0.1) is 0 Å². The first-order chi connectivity index (χ1) is 11.0. The molecular formula is C20H23NO2. The number of nitrogens with one attached hydrogen (secondary N) is 1. The van der Waals surface area contributed by atoms with Gasteiger partial charge in [-0.05, 0) is 49.6 Å². The van der Waals surface area contributed by atoms with Crippen molar-refractivity contribution in [2.24, 2.45) is 0 Å². The highest BCUT2D eigenvalue weighted by molar-refractivity contribution is 5.92. The Labute approximate surface area is 138 Å². The van der Waals surface area contributed by atoms with Crippen molar-refractivity contribution in [2.45, 2.75) is 26.8 Å². The van der Waals surface area contributed by atoms with Crippen molar-refractivity contribution < 1.29 is 9.53 Å². The van der Waals surface area contributed by atoms with E-state index >= 15 is 0 Å². The van der Waals surface area contributed by atoms with E-state index in [9.17, 15) is 4.79 Å². The first-order valence-electron chi connectivity index (χ1n) is 7.70. The third-order valence-electron chi connectivity index (χ3n) is 3.94. The van der Waals surface area contributed by atoms with E-state index in [1.807, 2.05) is 31.2 Å². The van der Waals surface area contributed by atoms with Gasteiger partial charge in [0.25, 0.3) is 0 Å². The minimum atomic E-state index is -0.123.